The molecule has 0 aliphatic heterocycles. The summed E-state index contributed by atoms with van der Waals surface area (Å²) in [4.78, 5) is 0. The molecule has 0 N–H and O–H groups in total. The normalized spacial score (nSPS) is 17.5. The SMILES string of the molecule is COc1ccc(CC(CBr)C2CC2)cc1. The monoisotopic (exact) mass is 268 g/mol. The number of ether oxygens (including phenoxy) is 1. The minimum Gasteiger partial charge on any atom is -0.497 e. The minimum atomic E-state index is 0.818. The molecule has 1 nitrogen and oxygen atoms in total. The third kappa shape index (κ3) is 2.97. The summed E-state index contributed by atoms with van der Waals surface area (Å²) in [5.74, 6) is 2.73. The van der Waals surface area contributed by atoms with Gasteiger partial charge in [-0.15, -0.1) is 0 Å². The van der Waals surface area contributed by atoms with E-state index in [0.717, 1.165) is 22.9 Å². The average molecular weight is 269 g/mol. The van der Waals surface area contributed by atoms with Gasteiger partial charge in [-0.25, -0.2) is 0 Å². The van der Waals surface area contributed by atoms with E-state index in [1.807, 2.05) is 12.1 Å². The first-order valence-corrected chi connectivity index (χ1v) is 6.64. The van der Waals surface area contributed by atoms with Crippen molar-refractivity contribution in [3.8, 4) is 5.75 Å². The largest absolute Gasteiger partial charge is 0.497 e. The molecule has 0 amide bonds. The highest BCUT2D eigenvalue weighted by molar-refractivity contribution is 9.09. The molecule has 2 heteroatoms. The predicted molar refractivity (Wildman–Crippen MR) is 66.7 cm³/mol. The smallest absolute Gasteiger partial charge is 0.118 e. The summed E-state index contributed by atoms with van der Waals surface area (Å²) in [5.41, 5.74) is 1.42. The van der Waals surface area contributed by atoms with Crippen LogP contribution in [0.4, 0.5) is 0 Å². The van der Waals surface area contributed by atoms with Crippen molar-refractivity contribution in [2.75, 3.05) is 12.4 Å². The summed E-state index contributed by atoms with van der Waals surface area (Å²) in [5, 5.41) is 1.13. The molecule has 0 spiro atoms. The number of alkyl halides is 1. The van der Waals surface area contributed by atoms with Crippen LogP contribution in [0, 0.1) is 11.8 Å². The molecule has 0 saturated heterocycles. The van der Waals surface area contributed by atoms with E-state index in [0.29, 0.717) is 0 Å². The second-order valence-electron chi connectivity index (χ2n) is 4.30. The number of hydrogen-bond donors (Lipinski definition) is 0. The van der Waals surface area contributed by atoms with Gasteiger partial charge in [0.1, 0.15) is 5.75 Å². The molecule has 1 unspecified atom stereocenters. The molecule has 15 heavy (non-hydrogen) atoms. The molecule has 0 bridgehead atoms. The van der Waals surface area contributed by atoms with Crippen molar-refractivity contribution in [2.45, 2.75) is 19.3 Å². The lowest BCUT2D eigenvalue weighted by Gasteiger charge is -2.12. The Hall–Kier alpha value is -0.500. The lowest BCUT2D eigenvalue weighted by atomic mass is 9.97. The molecule has 82 valence electrons. The fraction of sp³-hybridized carbons (Fsp3) is 0.538. The van der Waals surface area contributed by atoms with E-state index in [-0.39, 0.29) is 0 Å². The van der Waals surface area contributed by atoms with Crippen LogP contribution in [0.5, 0.6) is 5.75 Å². The highest BCUT2D eigenvalue weighted by Gasteiger charge is 2.30. The zero-order valence-corrected chi connectivity index (χ0v) is 10.7. The maximum atomic E-state index is 5.15. The summed E-state index contributed by atoms with van der Waals surface area (Å²) in [7, 11) is 1.71. The summed E-state index contributed by atoms with van der Waals surface area (Å²) in [6, 6.07) is 8.45. The lowest BCUT2D eigenvalue weighted by Crippen LogP contribution is -2.08. The van der Waals surface area contributed by atoms with Gasteiger partial charge in [-0.2, -0.15) is 0 Å². The summed E-state index contributed by atoms with van der Waals surface area (Å²) in [6.45, 7) is 0. The second kappa shape index (κ2) is 5.02. The lowest BCUT2D eigenvalue weighted by molar-refractivity contribution is 0.414. The Morgan fingerprint density at radius 2 is 2.00 bits per heavy atom. The van der Waals surface area contributed by atoms with E-state index in [4.69, 9.17) is 4.74 Å². The van der Waals surface area contributed by atoms with Gasteiger partial charge in [-0.3, -0.25) is 0 Å². The van der Waals surface area contributed by atoms with Crippen LogP contribution < -0.4 is 4.74 Å². The molecule has 1 fully saturated rings. The molecule has 1 aliphatic rings. The second-order valence-corrected chi connectivity index (χ2v) is 4.95. The van der Waals surface area contributed by atoms with Gasteiger partial charge in [0.2, 0.25) is 0 Å². The van der Waals surface area contributed by atoms with Gasteiger partial charge in [0.15, 0.2) is 0 Å². The first-order chi connectivity index (χ1) is 7.33. The van der Waals surface area contributed by atoms with Crippen LogP contribution >= 0.6 is 15.9 Å². The zero-order valence-electron chi connectivity index (χ0n) is 9.08. The maximum absolute atomic E-state index is 5.15. The Kier molecular flexibility index (Phi) is 3.68. The van der Waals surface area contributed by atoms with Gasteiger partial charge in [-0.1, -0.05) is 28.1 Å². The third-order valence-corrected chi connectivity index (χ3v) is 3.98. The average Bonchev–Trinajstić information content (AvgIpc) is 3.10. The molecular weight excluding hydrogens is 252 g/mol. The van der Waals surface area contributed by atoms with Crippen molar-refractivity contribution in [3.63, 3.8) is 0 Å². The van der Waals surface area contributed by atoms with Crippen LogP contribution in [0.3, 0.4) is 0 Å². The Labute approximate surface area is 100.0 Å². The molecule has 2 rings (SSSR count). The third-order valence-electron chi connectivity index (χ3n) is 3.14. The number of halogens is 1. The van der Waals surface area contributed by atoms with Crippen LogP contribution in [0.2, 0.25) is 0 Å². The predicted octanol–water partition coefficient (Wildman–Crippen LogP) is 3.66. The van der Waals surface area contributed by atoms with E-state index in [1.165, 1.54) is 24.8 Å². The summed E-state index contributed by atoms with van der Waals surface area (Å²) >= 11 is 3.62. The van der Waals surface area contributed by atoms with Crippen molar-refractivity contribution < 1.29 is 4.74 Å². The van der Waals surface area contributed by atoms with Crippen molar-refractivity contribution in [3.05, 3.63) is 29.8 Å². The van der Waals surface area contributed by atoms with Crippen LogP contribution in [0.25, 0.3) is 0 Å². The van der Waals surface area contributed by atoms with Gasteiger partial charge < -0.3 is 4.74 Å². The quantitative estimate of drug-likeness (QED) is 0.741. The van der Waals surface area contributed by atoms with Crippen LogP contribution in [0.1, 0.15) is 18.4 Å². The summed E-state index contributed by atoms with van der Waals surface area (Å²) in [6.07, 6.45) is 4.04. The Morgan fingerprint density at radius 1 is 1.33 bits per heavy atom. The topological polar surface area (TPSA) is 9.23 Å². The first kappa shape index (κ1) is 11.0. The molecule has 0 aromatic heterocycles. The van der Waals surface area contributed by atoms with Crippen LogP contribution in [-0.4, -0.2) is 12.4 Å². The van der Waals surface area contributed by atoms with E-state index in [2.05, 4.69) is 28.1 Å². The van der Waals surface area contributed by atoms with E-state index in [1.54, 1.807) is 7.11 Å². The molecule has 0 heterocycles. The van der Waals surface area contributed by atoms with Gasteiger partial charge >= 0.3 is 0 Å². The number of hydrogen-bond acceptors (Lipinski definition) is 1. The van der Waals surface area contributed by atoms with Crippen LogP contribution in [0.15, 0.2) is 24.3 Å². The van der Waals surface area contributed by atoms with Crippen molar-refractivity contribution in [2.24, 2.45) is 11.8 Å². The fourth-order valence-corrected chi connectivity index (χ4v) is 2.74. The van der Waals surface area contributed by atoms with E-state index >= 15 is 0 Å². The maximum Gasteiger partial charge on any atom is 0.118 e. The van der Waals surface area contributed by atoms with Crippen molar-refractivity contribution in [1.82, 2.24) is 0 Å². The Balaban J connectivity index is 1.96. The van der Waals surface area contributed by atoms with E-state index < -0.39 is 0 Å². The number of methoxy groups -OCH3 is 1. The van der Waals surface area contributed by atoms with E-state index in [9.17, 15) is 0 Å². The highest BCUT2D eigenvalue weighted by Crippen LogP contribution is 2.39. The molecule has 1 aromatic carbocycles. The van der Waals surface area contributed by atoms with Gasteiger partial charge in [0.05, 0.1) is 7.11 Å². The molecule has 0 radical (unpaired) electrons. The highest BCUT2D eigenvalue weighted by atomic mass is 79.9. The Bertz CT molecular complexity index is 303. The molecule has 1 atom stereocenters. The molecular formula is C13H17BrO. The van der Waals surface area contributed by atoms with Gasteiger partial charge in [0.25, 0.3) is 0 Å². The number of rotatable bonds is 5. The standard InChI is InChI=1S/C13H17BrO/c1-15-13-6-2-10(3-7-13)8-12(9-14)11-4-5-11/h2-3,6-7,11-12H,4-5,8-9H2,1H3. The van der Waals surface area contributed by atoms with Crippen LogP contribution in [-0.2, 0) is 6.42 Å². The minimum absolute atomic E-state index is 0.818. The fourth-order valence-electron chi connectivity index (χ4n) is 1.98. The van der Waals surface area contributed by atoms with Gasteiger partial charge in [0, 0.05) is 5.33 Å². The summed E-state index contributed by atoms with van der Waals surface area (Å²) < 4.78 is 5.15. The molecule has 1 aliphatic carbocycles. The van der Waals surface area contributed by atoms with Crippen molar-refractivity contribution >= 4 is 15.9 Å². The number of benzene rings is 1. The van der Waals surface area contributed by atoms with Crippen molar-refractivity contribution in [1.29, 1.82) is 0 Å². The first-order valence-electron chi connectivity index (χ1n) is 5.52. The molecule has 1 aromatic rings. The Morgan fingerprint density at radius 3 is 2.47 bits per heavy atom. The van der Waals surface area contributed by atoms with Gasteiger partial charge in [-0.05, 0) is 48.8 Å². The molecule has 1 saturated carbocycles. The zero-order chi connectivity index (χ0) is 10.7.